The van der Waals surface area contributed by atoms with E-state index in [0.717, 1.165) is 23.7 Å². The molecule has 0 aliphatic heterocycles. The number of carbonyl (C=O) groups excluding carboxylic acids is 1. The number of hydrogen-bond acceptors (Lipinski definition) is 3. The van der Waals surface area contributed by atoms with Crippen molar-refractivity contribution < 1.29 is 4.79 Å². The van der Waals surface area contributed by atoms with Crippen molar-refractivity contribution in [2.45, 2.75) is 32.7 Å². The Labute approximate surface area is 142 Å². The van der Waals surface area contributed by atoms with Crippen LogP contribution in [0.4, 0.5) is 5.69 Å². The van der Waals surface area contributed by atoms with E-state index in [-0.39, 0.29) is 11.4 Å². The molecule has 0 saturated carbocycles. The van der Waals surface area contributed by atoms with Gasteiger partial charge in [0.05, 0.1) is 11.3 Å². The number of halogens is 1. The fourth-order valence-corrected chi connectivity index (χ4v) is 2.20. The SMILES string of the molecule is CC(C)(C)NC(=O)c1cncc(NCCc2ccc(Cl)cc2)c1. The smallest absolute Gasteiger partial charge is 0.253 e. The lowest BCUT2D eigenvalue weighted by molar-refractivity contribution is 0.0919. The molecule has 0 fully saturated rings. The van der Waals surface area contributed by atoms with Gasteiger partial charge >= 0.3 is 0 Å². The van der Waals surface area contributed by atoms with Crippen LogP contribution in [-0.4, -0.2) is 23.0 Å². The summed E-state index contributed by atoms with van der Waals surface area (Å²) in [6.45, 7) is 6.61. The van der Waals surface area contributed by atoms with Crippen LogP contribution in [0.3, 0.4) is 0 Å². The van der Waals surface area contributed by atoms with Crippen LogP contribution in [0.25, 0.3) is 0 Å². The Bertz CT molecular complexity index is 663. The Hall–Kier alpha value is -2.07. The molecule has 0 saturated heterocycles. The lowest BCUT2D eigenvalue weighted by Crippen LogP contribution is -2.40. The third-order valence-corrected chi connectivity index (χ3v) is 3.40. The predicted octanol–water partition coefficient (Wildman–Crippen LogP) is 3.92. The molecule has 0 unspecified atom stereocenters. The summed E-state index contributed by atoms with van der Waals surface area (Å²) in [6, 6.07) is 9.60. The zero-order chi connectivity index (χ0) is 16.9. The van der Waals surface area contributed by atoms with Gasteiger partial charge in [-0.1, -0.05) is 23.7 Å². The molecule has 0 radical (unpaired) electrons. The van der Waals surface area contributed by atoms with Gasteiger partial charge in [0, 0.05) is 29.5 Å². The molecule has 0 spiro atoms. The van der Waals surface area contributed by atoms with Crippen molar-refractivity contribution in [3.05, 3.63) is 58.9 Å². The minimum atomic E-state index is -0.269. The predicted molar refractivity (Wildman–Crippen MR) is 95.1 cm³/mol. The van der Waals surface area contributed by atoms with Crippen molar-refractivity contribution in [2.75, 3.05) is 11.9 Å². The van der Waals surface area contributed by atoms with E-state index in [0.29, 0.717) is 5.56 Å². The van der Waals surface area contributed by atoms with Crippen molar-refractivity contribution >= 4 is 23.2 Å². The van der Waals surface area contributed by atoms with Crippen molar-refractivity contribution in [3.8, 4) is 0 Å². The van der Waals surface area contributed by atoms with Crippen LogP contribution in [0.15, 0.2) is 42.7 Å². The highest BCUT2D eigenvalue weighted by Gasteiger charge is 2.15. The van der Waals surface area contributed by atoms with Gasteiger partial charge in [-0.15, -0.1) is 0 Å². The standard InChI is InChI=1S/C18H22ClN3O/c1-18(2,3)22-17(23)14-10-16(12-20-11-14)21-9-8-13-4-6-15(19)7-5-13/h4-7,10-12,21H,8-9H2,1-3H3,(H,22,23). The molecule has 5 heteroatoms. The summed E-state index contributed by atoms with van der Waals surface area (Å²) in [4.78, 5) is 16.3. The molecular weight excluding hydrogens is 310 g/mol. The first-order valence-electron chi connectivity index (χ1n) is 7.59. The number of carbonyl (C=O) groups is 1. The number of pyridine rings is 1. The molecule has 0 aliphatic rings. The van der Waals surface area contributed by atoms with Gasteiger partial charge in [0.25, 0.3) is 5.91 Å². The van der Waals surface area contributed by atoms with Crippen LogP contribution in [0, 0.1) is 0 Å². The molecule has 4 nitrogen and oxygen atoms in total. The number of anilines is 1. The second kappa shape index (κ2) is 7.47. The maximum Gasteiger partial charge on any atom is 0.253 e. The number of amides is 1. The molecule has 2 N–H and O–H groups in total. The van der Waals surface area contributed by atoms with Gasteiger partial charge in [0.2, 0.25) is 0 Å². The summed E-state index contributed by atoms with van der Waals surface area (Å²) in [5, 5.41) is 6.96. The molecule has 1 aromatic heterocycles. The van der Waals surface area contributed by atoms with E-state index in [1.807, 2.05) is 51.1 Å². The van der Waals surface area contributed by atoms with Gasteiger partial charge in [-0.25, -0.2) is 0 Å². The average molecular weight is 332 g/mol. The topological polar surface area (TPSA) is 54.0 Å². The highest BCUT2D eigenvalue weighted by molar-refractivity contribution is 6.30. The maximum atomic E-state index is 12.1. The van der Waals surface area contributed by atoms with Gasteiger partial charge in [-0.3, -0.25) is 9.78 Å². The summed E-state index contributed by atoms with van der Waals surface area (Å²) >= 11 is 5.87. The molecule has 0 aliphatic carbocycles. The van der Waals surface area contributed by atoms with E-state index < -0.39 is 0 Å². The molecule has 0 atom stereocenters. The molecule has 122 valence electrons. The van der Waals surface area contributed by atoms with E-state index in [9.17, 15) is 4.79 Å². The van der Waals surface area contributed by atoms with Crippen LogP contribution in [0.5, 0.6) is 0 Å². The molecule has 2 aromatic rings. The maximum absolute atomic E-state index is 12.1. The lowest BCUT2D eigenvalue weighted by Gasteiger charge is -2.20. The van der Waals surface area contributed by atoms with E-state index >= 15 is 0 Å². The van der Waals surface area contributed by atoms with E-state index in [2.05, 4.69) is 15.6 Å². The Kier molecular flexibility index (Phi) is 5.61. The van der Waals surface area contributed by atoms with Crippen molar-refractivity contribution in [2.24, 2.45) is 0 Å². The number of nitrogens with one attached hydrogen (secondary N) is 2. The fraction of sp³-hybridized carbons (Fsp3) is 0.333. The second-order valence-corrected chi connectivity index (χ2v) is 6.91. The first kappa shape index (κ1) is 17.3. The number of nitrogens with zero attached hydrogens (tertiary/aromatic N) is 1. The Morgan fingerprint density at radius 3 is 2.52 bits per heavy atom. The van der Waals surface area contributed by atoms with E-state index in [1.54, 1.807) is 12.4 Å². The molecule has 2 rings (SSSR count). The van der Waals surface area contributed by atoms with Crippen LogP contribution in [-0.2, 0) is 6.42 Å². The summed E-state index contributed by atoms with van der Waals surface area (Å²) in [6.07, 6.45) is 4.16. The number of aromatic nitrogens is 1. The Balaban J connectivity index is 1.92. The average Bonchev–Trinajstić information content (AvgIpc) is 2.48. The molecule has 0 bridgehead atoms. The van der Waals surface area contributed by atoms with E-state index in [4.69, 9.17) is 11.6 Å². The minimum Gasteiger partial charge on any atom is -0.383 e. The number of benzene rings is 1. The first-order valence-corrected chi connectivity index (χ1v) is 7.97. The van der Waals surface area contributed by atoms with Gasteiger partial charge in [-0.2, -0.15) is 0 Å². The highest BCUT2D eigenvalue weighted by atomic mass is 35.5. The summed E-state index contributed by atoms with van der Waals surface area (Å²) in [5.41, 5.74) is 2.32. The quantitative estimate of drug-likeness (QED) is 0.873. The second-order valence-electron chi connectivity index (χ2n) is 6.47. The summed E-state index contributed by atoms with van der Waals surface area (Å²) < 4.78 is 0. The molecule has 23 heavy (non-hydrogen) atoms. The Morgan fingerprint density at radius 2 is 1.87 bits per heavy atom. The highest BCUT2D eigenvalue weighted by Crippen LogP contribution is 2.12. The van der Waals surface area contributed by atoms with Gasteiger partial charge in [0.15, 0.2) is 0 Å². The van der Waals surface area contributed by atoms with Crippen molar-refractivity contribution in [1.82, 2.24) is 10.3 Å². The number of hydrogen-bond donors (Lipinski definition) is 2. The van der Waals surface area contributed by atoms with Gasteiger partial charge in [0.1, 0.15) is 0 Å². The van der Waals surface area contributed by atoms with Gasteiger partial charge in [-0.05, 0) is 51.0 Å². The van der Waals surface area contributed by atoms with Gasteiger partial charge < -0.3 is 10.6 Å². The molecule has 1 amide bonds. The monoisotopic (exact) mass is 331 g/mol. The third kappa shape index (κ3) is 5.91. The molecular formula is C18H22ClN3O. The van der Waals surface area contributed by atoms with Crippen LogP contribution in [0.1, 0.15) is 36.7 Å². The minimum absolute atomic E-state index is 0.119. The first-order chi connectivity index (χ1) is 10.8. The van der Waals surface area contributed by atoms with Crippen LogP contribution >= 0.6 is 11.6 Å². The lowest BCUT2D eigenvalue weighted by atomic mass is 10.1. The zero-order valence-electron chi connectivity index (χ0n) is 13.7. The number of rotatable bonds is 5. The fourth-order valence-electron chi connectivity index (χ4n) is 2.08. The normalized spacial score (nSPS) is 11.1. The van der Waals surface area contributed by atoms with Crippen LogP contribution in [0.2, 0.25) is 5.02 Å². The van der Waals surface area contributed by atoms with Crippen molar-refractivity contribution in [1.29, 1.82) is 0 Å². The van der Waals surface area contributed by atoms with E-state index in [1.165, 1.54) is 5.56 Å². The van der Waals surface area contributed by atoms with Crippen LogP contribution < -0.4 is 10.6 Å². The largest absolute Gasteiger partial charge is 0.383 e. The third-order valence-electron chi connectivity index (χ3n) is 3.15. The Morgan fingerprint density at radius 1 is 1.17 bits per heavy atom. The molecule has 1 aromatic carbocycles. The summed E-state index contributed by atoms with van der Waals surface area (Å²) in [5.74, 6) is -0.119. The summed E-state index contributed by atoms with van der Waals surface area (Å²) in [7, 11) is 0. The molecule has 1 heterocycles. The zero-order valence-corrected chi connectivity index (χ0v) is 14.4. The van der Waals surface area contributed by atoms with Crippen molar-refractivity contribution in [3.63, 3.8) is 0 Å².